The van der Waals surface area contributed by atoms with Crippen LogP contribution < -0.4 is 0 Å². The summed E-state index contributed by atoms with van der Waals surface area (Å²) in [6.07, 6.45) is 7.37. The average Bonchev–Trinajstić information content (AvgIpc) is 2.92. The van der Waals surface area contributed by atoms with Crippen molar-refractivity contribution in [1.29, 1.82) is 0 Å². The first-order chi connectivity index (χ1) is 9.20. The minimum Gasteiger partial charge on any atom is -0.466 e. The highest BCUT2D eigenvalue weighted by atomic mass is 16.5. The molecule has 4 nitrogen and oxygen atoms in total. The largest absolute Gasteiger partial charge is 0.466 e. The summed E-state index contributed by atoms with van der Waals surface area (Å²) in [7, 11) is 0. The number of piperidine rings is 1. The van der Waals surface area contributed by atoms with Gasteiger partial charge >= 0.3 is 5.97 Å². The lowest BCUT2D eigenvalue weighted by molar-refractivity contribution is -0.151. The van der Waals surface area contributed by atoms with Crippen LogP contribution in [-0.2, 0) is 14.3 Å². The molecule has 4 heteroatoms. The van der Waals surface area contributed by atoms with E-state index in [1.165, 1.54) is 25.7 Å². The molecule has 1 unspecified atom stereocenters. The molecule has 108 valence electrons. The van der Waals surface area contributed by atoms with Gasteiger partial charge in [-0.2, -0.15) is 0 Å². The van der Waals surface area contributed by atoms with Gasteiger partial charge in [0, 0.05) is 19.5 Å². The van der Waals surface area contributed by atoms with Gasteiger partial charge in [0.25, 0.3) is 0 Å². The molecule has 0 radical (unpaired) electrons. The molecule has 1 aliphatic heterocycles. The zero-order valence-corrected chi connectivity index (χ0v) is 11.9. The third kappa shape index (κ3) is 3.95. The Kier molecular flexibility index (Phi) is 5.23. The van der Waals surface area contributed by atoms with E-state index in [1.807, 2.05) is 11.8 Å². The SMILES string of the molecule is CCOC(=O)C1CCCN(C(=O)CC2CCCC2)C1. The fourth-order valence-electron chi connectivity index (χ4n) is 3.25. The van der Waals surface area contributed by atoms with Gasteiger partial charge < -0.3 is 9.64 Å². The summed E-state index contributed by atoms with van der Waals surface area (Å²) in [5.74, 6) is 0.568. The summed E-state index contributed by atoms with van der Waals surface area (Å²) in [6.45, 7) is 3.61. The van der Waals surface area contributed by atoms with Crippen molar-refractivity contribution >= 4 is 11.9 Å². The van der Waals surface area contributed by atoms with E-state index in [1.54, 1.807) is 0 Å². The number of rotatable bonds is 4. The Hall–Kier alpha value is -1.06. The first-order valence-corrected chi connectivity index (χ1v) is 7.65. The summed E-state index contributed by atoms with van der Waals surface area (Å²) in [6, 6.07) is 0. The van der Waals surface area contributed by atoms with Crippen LogP contribution in [0.25, 0.3) is 0 Å². The number of likely N-dealkylation sites (tertiary alicyclic amines) is 1. The first kappa shape index (κ1) is 14.4. The fourth-order valence-corrected chi connectivity index (χ4v) is 3.25. The van der Waals surface area contributed by atoms with Crippen LogP contribution in [0.15, 0.2) is 0 Å². The van der Waals surface area contributed by atoms with Crippen LogP contribution in [0.5, 0.6) is 0 Å². The summed E-state index contributed by atoms with van der Waals surface area (Å²) in [5.41, 5.74) is 0. The molecule has 1 amide bonds. The smallest absolute Gasteiger partial charge is 0.310 e. The second-order valence-corrected chi connectivity index (χ2v) is 5.79. The standard InChI is InChI=1S/C15H25NO3/c1-2-19-15(18)13-8-5-9-16(11-13)14(17)10-12-6-3-4-7-12/h12-13H,2-11H2,1H3. The van der Waals surface area contributed by atoms with Crippen molar-refractivity contribution in [1.82, 2.24) is 4.90 Å². The lowest BCUT2D eigenvalue weighted by Gasteiger charge is -2.32. The molecule has 2 aliphatic rings. The van der Waals surface area contributed by atoms with Crippen molar-refractivity contribution < 1.29 is 14.3 Å². The van der Waals surface area contributed by atoms with Crippen molar-refractivity contribution in [2.24, 2.45) is 11.8 Å². The van der Waals surface area contributed by atoms with Crippen LogP contribution in [0.3, 0.4) is 0 Å². The molecule has 1 aliphatic carbocycles. The highest BCUT2D eigenvalue weighted by Gasteiger charge is 2.30. The molecule has 0 aromatic heterocycles. The van der Waals surface area contributed by atoms with Gasteiger partial charge in [0.2, 0.25) is 5.91 Å². The topological polar surface area (TPSA) is 46.6 Å². The van der Waals surface area contributed by atoms with Gasteiger partial charge in [0.15, 0.2) is 0 Å². The molecule has 0 N–H and O–H groups in total. The lowest BCUT2D eigenvalue weighted by Crippen LogP contribution is -2.43. The molecule has 19 heavy (non-hydrogen) atoms. The van der Waals surface area contributed by atoms with Crippen molar-refractivity contribution in [3.63, 3.8) is 0 Å². The molecule has 1 atom stereocenters. The minimum absolute atomic E-state index is 0.110. The molecular formula is C15H25NO3. The van der Waals surface area contributed by atoms with Crippen molar-refractivity contribution in [2.75, 3.05) is 19.7 Å². The van der Waals surface area contributed by atoms with Crippen LogP contribution in [-0.4, -0.2) is 36.5 Å². The van der Waals surface area contributed by atoms with Crippen molar-refractivity contribution in [3.8, 4) is 0 Å². The molecule has 0 aromatic rings. The predicted molar refractivity (Wildman–Crippen MR) is 72.5 cm³/mol. The second kappa shape index (κ2) is 6.92. The summed E-state index contributed by atoms with van der Waals surface area (Å²) >= 11 is 0. The van der Waals surface area contributed by atoms with E-state index in [4.69, 9.17) is 4.74 Å². The molecule has 2 fully saturated rings. The van der Waals surface area contributed by atoms with Crippen LogP contribution in [0.4, 0.5) is 0 Å². The van der Waals surface area contributed by atoms with Gasteiger partial charge in [0.05, 0.1) is 12.5 Å². The number of nitrogens with zero attached hydrogens (tertiary/aromatic N) is 1. The molecule has 0 aromatic carbocycles. The Morgan fingerprint density at radius 1 is 1.16 bits per heavy atom. The van der Waals surface area contributed by atoms with E-state index in [0.29, 0.717) is 25.5 Å². The van der Waals surface area contributed by atoms with Crippen LogP contribution in [0, 0.1) is 11.8 Å². The van der Waals surface area contributed by atoms with E-state index >= 15 is 0 Å². The molecule has 2 rings (SSSR count). The summed E-state index contributed by atoms with van der Waals surface area (Å²) in [4.78, 5) is 25.9. The third-order valence-electron chi connectivity index (χ3n) is 4.33. The fraction of sp³-hybridized carbons (Fsp3) is 0.867. The van der Waals surface area contributed by atoms with Gasteiger partial charge in [-0.25, -0.2) is 0 Å². The first-order valence-electron chi connectivity index (χ1n) is 7.65. The highest BCUT2D eigenvalue weighted by molar-refractivity contribution is 5.78. The Morgan fingerprint density at radius 2 is 1.89 bits per heavy atom. The highest BCUT2D eigenvalue weighted by Crippen LogP contribution is 2.29. The van der Waals surface area contributed by atoms with Crippen LogP contribution in [0.2, 0.25) is 0 Å². The Balaban J connectivity index is 1.82. The lowest BCUT2D eigenvalue weighted by atomic mass is 9.96. The van der Waals surface area contributed by atoms with Crippen LogP contribution in [0.1, 0.15) is 51.9 Å². The third-order valence-corrected chi connectivity index (χ3v) is 4.33. The monoisotopic (exact) mass is 267 g/mol. The van der Waals surface area contributed by atoms with Gasteiger partial charge in [-0.1, -0.05) is 12.8 Å². The van der Waals surface area contributed by atoms with Gasteiger partial charge in [-0.15, -0.1) is 0 Å². The number of esters is 1. The Morgan fingerprint density at radius 3 is 2.58 bits per heavy atom. The maximum Gasteiger partial charge on any atom is 0.310 e. The quantitative estimate of drug-likeness (QED) is 0.735. The number of hydrogen-bond donors (Lipinski definition) is 0. The van der Waals surface area contributed by atoms with E-state index < -0.39 is 0 Å². The number of carbonyl (C=O) groups is 2. The number of hydrogen-bond acceptors (Lipinski definition) is 3. The Bertz CT molecular complexity index is 323. The second-order valence-electron chi connectivity index (χ2n) is 5.79. The van der Waals surface area contributed by atoms with Crippen LogP contribution >= 0.6 is 0 Å². The van der Waals surface area contributed by atoms with Gasteiger partial charge in [-0.3, -0.25) is 9.59 Å². The molecular weight excluding hydrogens is 242 g/mol. The van der Waals surface area contributed by atoms with Gasteiger partial charge in [0.1, 0.15) is 0 Å². The molecule has 1 saturated heterocycles. The molecule has 1 saturated carbocycles. The van der Waals surface area contributed by atoms with E-state index in [-0.39, 0.29) is 17.8 Å². The average molecular weight is 267 g/mol. The van der Waals surface area contributed by atoms with Crippen molar-refractivity contribution in [2.45, 2.75) is 51.9 Å². The maximum atomic E-state index is 12.3. The predicted octanol–water partition coefficient (Wildman–Crippen LogP) is 2.37. The zero-order valence-electron chi connectivity index (χ0n) is 11.9. The maximum absolute atomic E-state index is 12.3. The Labute approximate surface area is 115 Å². The normalized spacial score (nSPS) is 24.5. The summed E-state index contributed by atoms with van der Waals surface area (Å²) in [5, 5.41) is 0. The van der Waals surface area contributed by atoms with E-state index in [0.717, 1.165) is 19.4 Å². The number of ether oxygens (including phenoxy) is 1. The van der Waals surface area contributed by atoms with E-state index in [9.17, 15) is 9.59 Å². The minimum atomic E-state index is -0.138. The molecule has 0 bridgehead atoms. The number of amides is 1. The van der Waals surface area contributed by atoms with Gasteiger partial charge in [-0.05, 0) is 38.5 Å². The molecule has 1 heterocycles. The number of carbonyl (C=O) groups excluding carboxylic acids is 2. The zero-order chi connectivity index (χ0) is 13.7. The molecule has 0 spiro atoms. The van der Waals surface area contributed by atoms with E-state index in [2.05, 4.69) is 0 Å². The summed E-state index contributed by atoms with van der Waals surface area (Å²) < 4.78 is 5.07. The van der Waals surface area contributed by atoms with Crippen molar-refractivity contribution in [3.05, 3.63) is 0 Å².